The lowest BCUT2D eigenvalue weighted by Gasteiger charge is -2.30. The Hall–Kier alpha value is -3.93. The van der Waals surface area contributed by atoms with Crippen LogP contribution in [0.25, 0.3) is 16.9 Å². The van der Waals surface area contributed by atoms with Crippen molar-refractivity contribution in [1.29, 1.82) is 0 Å². The van der Waals surface area contributed by atoms with Crippen LogP contribution in [-0.2, 0) is 11.3 Å². The topological polar surface area (TPSA) is 107 Å². The third-order valence-corrected chi connectivity index (χ3v) is 6.75. The third-order valence-electron chi connectivity index (χ3n) is 6.48. The summed E-state index contributed by atoms with van der Waals surface area (Å²) in [5.41, 5.74) is 1.71. The quantitative estimate of drug-likeness (QED) is 0.344. The zero-order chi connectivity index (χ0) is 26.8. The molecule has 1 fully saturated rings. The predicted octanol–water partition coefficient (Wildman–Crippen LogP) is 4.09. The van der Waals surface area contributed by atoms with Crippen molar-refractivity contribution in [1.82, 2.24) is 29.3 Å². The Balaban J connectivity index is 1.50. The summed E-state index contributed by atoms with van der Waals surface area (Å²) in [4.78, 5) is 33.0. The molecule has 10 nitrogen and oxygen atoms in total. The molecule has 198 valence electrons. The molecule has 2 amide bonds. The molecule has 4 heterocycles. The van der Waals surface area contributed by atoms with Gasteiger partial charge in [0.1, 0.15) is 23.6 Å². The maximum absolute atomic E-state index is 13.8. The van der Waals surface area contributed by atoms with Crippen LogP contribution >= 0.6 is 12.6 Å². The van der Waals surface area contributed by atoms with E-state index in [-0.39, 0.29) is 23.8 Å². The van der Waals surface area contributed by atoms with Gasteiger partial charge < -0.3 is 15.0 Å². The highest BCUT2D eigenvalue weighted by atomic mass is 32.1. The second-order valence-electron chi connectivity index (χ2n) is 9.39. The second-order valence-corrected chi connectivity index (χ2v) is 9.91. The van der Waals surface area contributed by atoms with Crippen LogP contribution < -0.4 is 10.1 Å². The molecular formula is C26H28FN7O3S. The normalized spacial score (nSPS) is 15.0. The maximum atomic E-state index is 13.8. The summed E-state index contributed by atoms with van der Waals surface area (Å²) in [6.07, 6.45) is 6.62. The van der Waals surface area contributed by atoms with Crippen LogP contribution in [0.2, 0.25) is 0 Å². The van der Waals surface area contributed by atoms with Gasteiger partial charge in [-0.15, -0.1) is 12.6 Å². The molecule has 38 heavy (non-hydrogen) atoms. The molecule has 1 unspecified atom stereocenters. The first-order valence-electron chi connectivity index (χ1n) is 12.4. The van der Waals surface area contributed by atoms with Crippen molar-refractivity contribution in [2.24, 2.45) is 5.92 Å². The molecule has 0 radical (unpaired) electrons. The van der Waals surface area contributed by atoms with E-state index in [2.05, 4.69) is 40.1 Å². The van der Waals surface area contributed by atoms with Gasteiger partial charge in [0.15, 0.2) is 5.65 Å². The lowest BCUT2D eigenvalue weighted by Crippen LogP contribution is -2.39. The molecule has 0 spiro atoms. The van der Waals surface area contributed by atoms with Gasteiger partial charge >= 0.3 is 0 Å². The Kier molecular flexibility index (Phi) is 7.32. The standard InChI is InChI=1S/C26H28FN7O3S/c1-16-6-10-32(11-7-16)23(35)15-33-14-21(30-26(36)20-13-29-34-9-3-8-28-25(20)34)24(31-33)19-12-18(38)4-5-22(19)37-17(2)27/h3-5,8-9,12-14,16-17,38H,6-7,10-11,15H2,1-2H3,(H,30,36). The summed E-state index contributed by atoms with van der Waals surface area (Å²) in [5.74, 6) is 0.301. The molecule has 1 aromatic carbocycles. The number of rotatable bonds is 7. The molecule has 1 saturated heterocycles. The van der Waals surface area contributed by atoms with E-state index in [9.17, 15) is 14.0 Å². The first-order valence-corrected chi connectivity index (χ1v) is 12.8. The molecule has 0 aliphatic carbocycles. The van der Waals surface area contributed by atoms with Crippen LogP contribution in [0.3, 0.4) is 0 Å². The van der Waals surface area contributed by atoms with Gasteiger partial charge in [-0.3, -0.25) is 14.3 Å². The Morgan fingerprint density at radius 3 is 2.84 bits per heavy atom. The number of fused-ring (bicyclic) bond motifs is 1. The average molecular weight is 538 g/mol. The zero-order valence-electron chi connectivity index (χ0n) is 21.0. The minimum Gasteiger partial charge on any atom is -0.460 e. The lowest BCUT2D eigenvalue weighted by atomic mass is 9.99. The molecule has 1 atom stereocenters. The van der Waals surface area contributed by atoms with Crippen molar-refractivity contribution in [2.45, 2.75) is 44.5 Å². The monoisotopic (exact) mass is 537 g/mol. The maximum Gasteiger partial charge on any atom is 0.261 e. The number of aromatic nitrogens is 5. The molecule has 0 saturated carbocycles. The van der Waals surface area contributed by atoms with E-state index in [1.807, 2.05) is 4.90 Å². The van der Waals surface area contributed by atoms with Crippen molar-refractivity contribution < 1.29 is 18.7 Å². The highest BCUT2D eigenvalue weighted by Crippen LogP contribution is 2.36. The smallest absolute Gasteiger partial charge is 0.261 e. The Morgan fingerprint density at radius 2 is 2.08 bits per heavy atom. The fraction of sp³-hybridized carbons (Fsp3) is 0.346. The van der Waals surface area contributed by atoms with Crippen LogP contribution in [0.5, 0.6) is 5.75 Å². The molecular weight excluding hydrogens is 509 g/mol. The van der Waals surface area contributed by atoms with Gasteiger partial charge in [-0.05, 0) is 43.0 Å². The van der Waals surface area contributed by atoms with Crippen molar-refractivity contribution in [3.8, 4) is 17.0 Å². The number of benzene rings is 1. The largest absolute Gasteiger partial charge is 0.460 e. The minimum atomic E-state index is -1.58. The lowest BCUT2D eigenvalue weighted by molar-refractivity contribution is -0.133. The Bertz CT molecular complexity index is 1480. The Morgan fingerprint density at radius 1 is 1.29 bits per heavy atom. The number of hydrogen-bond acceptors (Lipinski definition) is 7. The minimum absolute atomic E-state index is 0.00814. The number of anilines is 1. The fourth-order valence-corrected chi connectivity index (χ4v) is 4.65. The summed E-state index contributed by atoms with van der Waals surface area (Å²) < 4.78 is 22.2. The highest BCUT2D eigenvalue weighted by molar-refractivity contribution is 7.80. The van der Waals surface area contributed by atoms with E-state index in [1.54, 1.807) is 42.9 Å². The third kappa shape index (κ3) is 5.49. The number of carbonyl (C=O) groups is 2. The number of likely N-dealkylation sites (tertiary alicyclic amines) is 1. The van der Waals surface area contributed by atoms with Crippen LogP contribution in [0.15, 0.2) is 53.9 Å². The van der Waals surface area contributed by atoms with Crippen LogP contribution in [0, 0.1) is 5.92 Å². The highest BCUT2D eigenvalue weighted by Gasteiger charge is 2.24. The van der Waals surface area contributed by atoms with E-state index in [0.29, 0.717) is 46.5 Å². The number of ether oxygens (including phenoxy) is 1. The first kappa shape index (κ1) is 25.7. The summed E-state index contributed by atoms with van der Waals surface area (Å²) in [5, 5.41) is 11.7. The molecule has 1 aliphatic rings. The number of piperidine rings is 1. The number of thiol groups is 1. The van der Waals surface area contributed by atoms with Crippen LogP contribution in [-0.4, -0.2) is 60.5 Å². The van der Waals surface area contributed by atoms with E-state index >= 15 is 0 Å². The van der Waals surface area contributed by atoms with Crippen molar-refractivity contribution >= 4 is 35.8 Å². The Labute approximate surface area is 224 Å². The number of amides is 2. The zero-order valence-corrected chi connectivity index (χ0v) is 21.9. The second kappa shape index (κ2) is 10.8. The molecule has 12 heteroatoms. The summed E-state index contributed by atoms with van der Waals surface area (Å²) >= 11 is 4.42. The van der Waals surface area contributed by atoms with E-state index in [0.717, 1.165) is 12.8 Å². The molecule has 3 aromatic heterocycles. The summed E-state index contributed by atoms with van der Waals surface area (Å²) in [6.45, 7) is 4.85. The van der Waals surface area contributed by atoms with E-state index in [4.69, 9.17) is 4.74 Å². The van der Waals surface area contributed by atoms with Crippen molar-refractivity contribution in [3.05, 3.63) is 54.6 Å². The van der Waals surface area contributed by atoms with Crippen molar-refractivity contribution in [2.75, 3.05) is 18.4 Å². The van der Waals surface area contributed by atoms with Gasteiger partial charge in [0.25, 0.3) is 5.91 Å². The van der Waals surface area contributed by atoms with Gasteiger partial charge in [-0.2, -0.15) is 10.2 Å². The number of alkyl halides is 1. The number of nitrogens with zero attached hydrogens (tertiary/aromatic N) is 6. The molecule has 0 bridgehead atoms. The van der Waals surface area contributed by atoms with Crippen LogP contribution in [0.1, 0.15) is 37.0 Å². The molecule has 1 aliphatic heterocycles. The van der Waals surface area contributed by atoms with Gasteiger partial charge in [-0.1, -0.05) is 6.92 Å². The van der Waals surface area contributed by atoms with Crippen LogP contribution in [0.4, 0.5) is 10.1 Å². The number of hydrogen-bond donors (Lipinski definition) is 2. The first-order chi connectivity index (χ1) is 18.3. The number of halogens is 1. The average Bonchev–Trinajstić information content (AvgIpc) is 3.49. The van der Waals surface area contributed by atoms with E-state index in [1.165, 1.54) is 22.3 Å². The van der Waals surface area contributed by atoms with Gasteiger partial charge in [0.2, 0.25) is 12.3 Å². The number of carbonyl (C=O) groups excluding carboxylic acids is 2. The van der Waals surface area contributed by atoms with Crippen molar-refractivity contribution in [3.63, 3.8) is 0 Å². The number of nitrogens with one attached hydrogen (secondary N) is 1. The SMILES string of the molecule is CC1CCN(C(=O)Cn2cc(NC(=O)c3cnn4cccnc34)c(-c3cc(S)ccc3OC(C)F)n2)CC1. The summed E-state index contributed by atoms with van der Waals surface area (Å²) in [7, 11) is 0. The molecule has 5 rings (SSSR count). The van der Waals surface area contributed by atoms with Gasteiger partial charge in [0, 0.05) is 49.1 Å². The molecule has 1 N–H and O–H groups in total. The van der Waals surface area contributed by atoms with E-state index < -0.39 is 12.3 Å². The van der Waals surface area contributed by atoms with Gasteiger partial charge in [-0.25, -0.2) is 13.9 Å². The molecule has 4 aromatic rings. The van der Waals surface area contributed by atoms with Gasteiger partial charge in [0.05, 0.1) is 11.9 Å². The predicted molar refractivity (Wildman–Crippen MR) is 142 cm³/mol. The fourth-order valence-electron chi connectivity index (χ4n) is 4.45. The summed E-state index contributed by atoms with van der Waals surface area (Å²) in [6, 6.07) is 6.65.